The van der Waals surface area contributed by atoms with Crippen molar-refractivity contribution in [3.05, 3.63) is 40.7 Å². The van der Waals surface area contributed by atoms with E-state index in [0.717, 1.165) is 28.6 Å². The quantitative estimate of drug-likeness (QED) is 0.733. The van der Waals surface area contributed by atoms with E-state index in [0.29, 0.717) is 45.0 Å². The third-order valence-corrected chi connectivity index (χ3v) is 5.84. The molecule has 2 aliphatic heterocycles. The maximum absolute atomic E-state index is 13.1. The first-order chi connectivity index (χ1) is 14.9. The minimum Gasteiger partial charge on any atom is -0.380 e. The number of aromatic nitrogens is 2. The average molecular weight is 451 g/mol. The van der Waals surface area contributed by atoms with E-state index in [-0.39, 0.29) is 17.2 Å². The molecule has 1 fully saturated rings. The van der Waals surface area contributed by atoms with Crippen LogP contribution in [0, 0.1) is 12.3 Å². The molecule has 1 aromatic carbocycles. The van der Waals surface area contributed by atoms with E-state index in [9.17, 15) is 18.0 Å². The Morgan fingerprint density at radius 3 is 2.50 bits per heavy atom. The zero-order valence-electron chi connectivity index (χ0n) is 18.8. The second-order valence-corrected chi connectivity index (χ2v) is 9.91. The summed E-state index contributed by atoms with van der Waals surface area (Å²) in [6.07, 6.45) is -4.04. The Morgan fingerprint density at radius 1 is 1.19 bits per heavy atom. The zero-order chi connectivity index (χ0) is 23.3. The number of nitrogens with one attached hydrogen (secondary N) is 1. The second-order valence-electron chi connectivity index (χ2n) is 9.91. The van der Waals surface area contributed by atoms with Gasteiger partial charge in [0.05, 0.1) is 32.0 Å². The monoisotopic (exact) mass is 450 g/mol. The van der Waals surface area contributed by atoms with E-state index in [2.05, 4.69) is 15.3 Å². The van der Waals surface area contributed by atoms with Crippen molar-refractivity contribution >= 4 is 17.3 Å². The lowest BCUT2D eigenvalue weighted by molar-refractivity contribution is -0.141. The van der Waals surface area contributed by atoms with E-state index in [4.69, 9.17) is 4.74 Å². The Hall–Kier alpha value is -2.55. The molecular formula is C23H29F3N4O2. The molecule has 6 nitrogen and oxygen atoms in total. The fourth-order valence-corrected chi connectivity index (χ4v) is 4.18. The number of nitrogens with zero attached hydrogens (tertiary/aromatic N) is 3. The summed E-state index contributed by atoms with van der Waals surface area (Å²) >= 11 is 0. The average Bonchev–Trinajstić information content (AvgIpc) is 3.05. The summed E-state index contributed by atoms with van der Waals surface area (Å²) in [7, 11) is 0. The fourth-order valence-electron chi connectivity index (χ4n) is 4.18. The van der Waals surface area contributed by atoms with Crippen LogP contribution in [0.2, 0.25) is 0 Å². The van der Waals surface area contributed by atoms with E-state index in [1.807, 2.05) is 39.8 Å². The van der Waals surface area contributed by atoms with E-state index < -0.39 is 11.9 Å². The Bertz CT molecular complexity index is 1020. The van der Waals surface area contributed by atoms with Crippen molar-refractivity contribution in [1.29, 1.82) is 0 Å². The highest BCUT2D eigenvalue weighted by Crippen LogP contribution is 2.38. The van der Waals surface area contributed by atoms with Crippen molar-refractivity contribution in [3.63, 3.8) is 0 Å². The van der Waals surface area contributed by atoms with Gasteiger partial charge in [0.1, 0.15) is 0 Å². The largest absolute Gasteiger partial charge is 0.435 e. The number of aryl methyl sites for hydroxylation is 1. The summed E-state index contributed by atoms with van der Waals surface area (Å²) in [4.78, 5) is 14.7. The number of carbonyl (C=O) groups is 1. The van der Waals surface area contributed by atoms with Crippen LogP contribution in [0.25, 0.3) is 0 Å². The summed E-state index contributed by atoms with van der Waals surface area (Å²) in [6, 6.07) is 5.16. The third kappa shape index (κ3) is 4.77. The Balaban J connectivity index is 1.61. The summed E-state index contributed by atoms with van der Waals surface area (Å²) in [6.45, 7) is 10.5. The lowest BCUT2D eigenvalue weighted by atomic mass is 9.90. The molecule has 0 bridgehead atoms. The van der Waals surface area contributed by atoms with Crippen LogP contribution in [-0.2, 0) is 28.8 Å². The molecule has 3 heterocycles. The standard InChI is InChI=1S/C23H29F3N4O2/c1-14-7-16(29-5-6-30-17(11-29)9-19(28-30)23(24,25)26)8-18(15-12-32-13-15)21(14)27-20(31)10-22(2,3)4/h7-9,15H,5-6,10-13H2,1-4H3,(H,27,31). The van der Waals surface area contributed by atoms with E-state index in [1.165, 1.54) is 4.68 Å². The van der Waals surface area contributed by atoms with Gasteiger partial charge < -0.3 is 15.0 Å². The minimum absolute atomic E-state index is 0.0311. The molecular weight excluding hydrogens is 421 g/mol. The van der Waals surface area contributed by atoms with Crippen LogP contribution in [0.15, 0.2) is 18.2 Å². The number of ether oxygens (including phenoxy) is 1. The molecule has 1 aromatic heterocycles. The van der Waals surface area contributed by atoms with Crippen molar-refractivity contribution in [1.82, 2.24) is 9.78 Å². The molecule has 1 N–H and O–H groups in total. The van der Waals surface area contributed by atoms with Crippen molar-refractivity contribution in [3.8, 4) is 0 Å². The lowest BCUT2D eigenvalue weighted by Crippen LogP contribution is -2.34. The van der Waals surface area contributed by atoms with Gasteiger partial charge in [0, 0.05) is 30.3 Å². The van der Waals surface area contributed by atoms with Crippen molar-refractivity contribution in [2.75, 3.05) is 30.0 Å². The number of anilines is 2. The van der Waals surface area contributed by atoms with Crippen molar-refractivity contribution in [2.24, 2.45) is 5.41 Å². The predicted molar refractivity (Wildman–Crippen MR) is 116 cm³/mol. The SMILES string of the molecule is Cc1cc(N2CCn3nc(C(F)(F)F)cc3C2)cc(C2COC2)c1NC(=O)CC(C)(C)C. The minimum atomic E-state index is -4.45. The molecule has 32 heavy (non-hydrogen) atoms. The summed E-state index contributed by atoms with van der Waals surface area (Å²) in [5.74, 6) is 0.155. The first-order valence-corrected chi connectivity index (χ1v) is 10.8. The fraction of sp³-hybridized carbons (Fsp3) is 0.565. The molecule has 2 aromatic rings. The number of hydrogen-bond acceptors (Lipinski definition) is 4. The molecule has 0 spiro atoms. The summed E-state index contributed by atoms with van der Waals surface area (Å²) in [5.41, 5.74) is 3.26. The molecule has 2 aliphatic rings. The Labute approximate surface area is 185 Å². The molecule has 0 unspecified atom stereocenters. The molecule has 0 atom stereocenters. The number of alkyl halides is 3. The van der Waals surface area contributed by atoms with Crippen LogP contribution >= 0.6 is 0 Å². The number of amides is 1. The van der Waals surface area contributed by atoms with Crippen molar-refractivity contribution < 1.29 is 22.7 Å². The third-order valence-electron chi connectivity index (χ3n) is 5.84. The molecule has 0 aliphatic carbocycles. The first kappa shape index (κ1) is 22.6. The number of benzene rings is 1. The molecule has 0 radical (unpaired) electrons. The van der Waals surface area contributed by atoms with Gasteiger partial charge in [-0.1, -0.05) is 20.8 Å². The Morgan fingerprint density at radius 2 is 1.91 bits per heavy atom. The summed E-state index contributed by atoms with van der Waals surface area (Å²) in [5, 5.41) is 6.81. The van der Waals surface area contributed by atoms with Gasteiger partial charge in [0.25, 0.3) is 0 Å². The van der Waals surface area contributed by atoms with Gasteiger partial charge in [0.15, 0.2) is 5.69 Å². The van der Waals surface area contributed by atoms with Crippen LogP contribution in [0.5, 0.6) is 0 Å². The molecule has 1 saturated heterocycles. The van der Waals surface area contributed by atoms with Gasteiger partial charge in [0.2, 0.25) is 5.91 Å². The van der Waals surface area contributed by atoms with Crippen LogP contribution in [0.3, 0.4) is 0 Å². The normalized spacial score (nSPS) is 17.2. The zero-order valence-corrected chi connectivity index (χ0v) is 18.8. The smallest absolute Gasteiger partial charge is 0.380 e. The maximum atomic E-state index is 13.1. The first-order valence-electron chi connectivity index (χ1n) is 10.8. The van der Waals surface area contributed by atoms with Gasteiger partial charge in [-0.25, -0.2) is 0 Å². The van der Waals surface area contributed by atoms with E-state index in [1.54, 1.807) is 0 Å². The van der Waals surface area contributed by atoms with Gasteiger partial charge in [-0.15, -0.1) is 0 Å². The Kier molecular flexibility index (Phi) is 5.73. The lowest BCUT2D eigenvalue weighted by Gasteiger charge is -2.34. The van der Waals surface area contributed by atoms with Crippen LogP contribution in [-0.4, -0.2) is 35.4 Å². The highest BCUT2D eigenvalue weighted by atomic mass is 19.4. The van der Waals surface area contributed by atoms with Crippen LogP contribution < -0.4 is 10.2 Å². The highest BCUT2D eigenvalue weighted by molar-refractivity contribution is 5.93. The van der Waals surface area contributed by atoms with Gasteiger partial charge in [-0.05, 0) is 41.7 Å². The van der Waals surface area contributed by atoms with E-state index >= 15 is 0 Å². The van der Waals surface area contributed by atoms with Gasteiger partial charge >= 0.3 is 6.18 Å². The van der Waals surface area contributed by atoms with Gasteiger partial charge in [-0.3, -0.25) is 9.48 Å². The highest BCUT2D eigenvalue weighted by Gasteiger charge is 2.36. The number of hydrogen-bond donors (Lipinski definition) is 1. The van der Waals surface area contributed by atoms with Crippen molar-refractivity contribution in [2.45, 2.75) is 59.3 Å². The molecule has 4 rings (SSSR count). The molecule has 9 heteroatoms. The predicted octanol–water partition coefficient (Wildman–Crippen LogP) is 4.72. The number of halogens is 3. The van der Waals surface area contributed by atoms with Crippen LogP contribution in [0.1, 0.15) is 55.6 Å². The maximum Gasteiger partial charge on any atom is 0.435 e. The van der Waals surface area contributed by atoms with Crippen LogP contribution in [0.4, 0.5) is 24.5 Å². The number of rotatable bonds is 4. The van der Waals surface area contributed by atoms with Gasteiger partial charge in [-0.2, -0.15) is 18.3 Å². The number of carbonyl (C=O) groups excluding carboxylic acids is 1. The second kappa shape index (κ2) is 8.10. The summed E-state index contributed by atoms with van der Waals surface area (Å²) < 4.78 is 46.0. The molecule has 0 saturated carbocycles. The molecule has 174 valence electrons. The topological polar surface area (TPSA) is 59.4 Å². The number of fused-ring (bicyclic) bond motifs is 1. The molecule has 1 amide bonds.